The number of thiol groups is 1. The largest absolute Gasteiger partial charge is 0.146 e. The molecular weight excluding hydrogens is 232 g/mol. The summed E-state index contributed by atoms with van der Waals surface area (Å²) >= 11 is 6.45. The van der Waals surface area contributed by atoms with Crippen molar-refractivity contribution < 1.29 is 0 Å². The summed E-state index contributed by atoms with van der Waals surface area (Å²) in [4.78, 5) is 1.20. The molecule has 0 saturated heterocycles. The van der Waals surface area contributed by atoms with Gasteiger partial charge in [-0.3, -0.25) is 0 Å². The van der Waals surface area contributed by atoms with Gasteiger partial charge in [0.1, 0.15) is 0 Å². The zero-order valence-electron chi connectivity index (χ0n) is 9.66. The summed E-state index contributed by atoms with van der Waals surface area (Å²) in [5.41, 5.74) is 0. The van der Waals surface area contributed by atoms with Gasteiger partial charge < -0.3 is 0 Å². The van der Waals surface area contributed by atoms with Gasteiger partial charge in [0.2, 0.25) is 0 Å². The molecule has 0 fully saturated rings. The maximum atomic E-state index is 4.60. The minimum Gasteiger partial charge on any atom is -0.146 e. The van der Waals surface area contributed by atoms with Gasteiger partial charge >= 0.3 is 0 Å². The summed E-state index contributed by atoms with van der Waals surface area (Å²) in [6.07, 6.45) is 4.37. The monoisotopic (exact) mass is 248 g/mol. The van der Waals surface area contributed by atoms with Crippen LogP contribution in [-0.2, 0) is 0 Å². The van der Waals surface area contributed by atoms with Crippen molar-refractivity contribution in [1.82, 2.24) is 0 Å². The number of hydrogen-bond donors (Lipinski definition) is 1. The number of rotatable bonds is 2. The summed E-state index contributed by atoms with van der Waals surface area (Å²) in [6.45, 7) is 4.34. The van der Waals surface area contributed by atoms with E-state index >= 15 is 0 Å². The number of fused-ring (bicyclic) bond motifs is 1. The van der Waals surface area contributed by atoms with Crippen LogP contribution in [0.1, 0.15) is 26.7 Å². The Labute approximate surface area is 106 Å². The third kappa shape index (κ3) is 2.04. The molecule has 0 N–H and O–H groups in total. The molecule has 84 valence electrons. The molecule has 0 aliphatic carbocycles. The van der Waals surface area contributed by atoms with Crippen LogP contribution in [0.15, 0.2) is 24.3 Å². The lowest BCUT2D eigenvalue weighted by atomic mass is 10.2. The van der Waals surface area contributed by atoms with Crippen molar-refractivity contribution in [1.29, 1.82) is 0 Å². The molecule has 0 saturated carbocycles. The van der Waals surface area contributed by atoms with Gasteiger partial charge in [-0.05, 0) is 29.0 Å². The molecule has 0 spiro atoms. The van der Waals surface area contributed by atoms with Gasteiger partial charge in [0.15, 0.2) is 0 Å². The Morgan fingerprint density at radius 1 is 1.31 bits per heavy atom. The SMILES string of the molecule is CC/C=c1\c(=C(\S)CC)sc2ccccc12. The van der Waals surface area contributed by atoms with Gasteiger partial charge in [-0.25, -0.2) is 0 Å². The lowest BCUT2D eigenvalue weighted by Gasteiger charge is -1.90. The first-order chi connectivity index (χ1) is 7.77. The minimum atomic E-state index is 1.00. The predicted molar refractivity (Wildman–Crippen MR) is 78.5 cm³/mol. The second kappa shape index (κ2) is 5.07. The van der Waals surface area contributed by atoms with E-state index in [9.17, 15) is 0 Å². The van der Waals surface area contributed by atoms with Crippen molar-refractivity contribution in [2.45, 2.75) is 26.7 Å². The Morgan fingerprint density at radius 2 is 2.06 bits per heavy atom. The van der Waals surface area contributed by atoms with E-state index in [4.69, 9.17) is 0 Å². The highest BCUT2D eigenvalue weighted by atomic mass is 32.1. The first kappa shape index (κ1) is 11.7. The maximum absolute atomic E-state index is 4.60. The Hall–Kier alpha value is -0.730. The highest BCUT2D eigenvalue weighted by Crippen LogP contribution is 2.15. The van der Waals surface area contributed by atoms with Crippen molar-refractivity contribution in [3.63, 3.8) is 0 Å². The molecular formula is C14H16S2. The quantitative estimate of drug-likeness (QED) is 0.772. The van der Waals surface area contributed by atoms with Crippen molar-refractivity contribution >= 4 is 45.0 Å². The molecule has 1 aromatic carbocycles. The average Bonchev–Trinajstić information content (AvgIpc) is 2.68. The first-order valence-corrected chi connectivity index (χ1v) is 6.94. The Balaban J connectivity index is 2.96. The van der Waals surface area contributed by atoms with E-state index in [1.807, 2.05) is 11.3 Å². The maximum Gasteiger partial charge on any atom is 0.0444 e. The van der Waals surface area contributed by atoms with Crippen LogP contribution in [-0.4, -0.2) is 0 Å². The van der Waals surface area contributed by atoms with Crippen LogP contribution < -0.4 is 9.75 Å². The molecule has 0 unspecified atom stereocenters. The first-order valence-electron chi connectivity index (χ1n) is 5.67. The van der Waals surface area contributed by atoms with Crippen molar-refractivity contribution in [2.24, 2.45) is 0 Å². The molecule has 0 nitrogen and oxygen atoms in total. The van der Waals surface area contributed by atoms with Crippen LogP contribution in [0.2, 0.25) is 0 Å². The molecule has 0 bridgehead atoms. The van der Waals surface area contributed by atoms with Crippen molar-refractivity contribution in [3.8, 4) is 0 Å². The fourth-order valence-electron chi connectivity index (χ4n) is 1.85. The molecule has 1 heterocycles. The highest BCUT2D eigenvalue weighted by molar-refractivity contribution is 7.90. The molecule has 1 aromatic heterocycles. The zero-order valence-corrected chi connectivity index (χ0v) is 11.4. The summed E-state index contributed by atoms with van der Waals surface area (Å²) in [7, 11) is 0. The third-order valence-electron chi connectivity index (χ3n) is 2.64. The van der Waals surface area contributed by atoms with E-state index < -0.39 is 0 Å². The highest BCUT2D eigenvalue weighted by Gasteiger charge is 2.01. The van der Waals surface area contributed by atoms with Crippen LogP contribution >= 0.6 is 24.0 Å². The molecule has 0 aliphatic heterocycles. The van der Waals surface area contributed by atoms with Crippen LogP contribution in [0.4, 0.5) is 0 Å². The normalized spacial score (nSPS) is 14.6. The molecule has 2 heteroatoms. The van der Waals surface area contributed by atoms with Crippen LogP contribution in [0.3, 0.4) is 0 Å². The molecule has 2 rings (SSSR count). The fourth-order valence-corrected chi connectivity index (χ4v) is 3.32. The average molecular weight is 248 g/mol. The Kier molecular flexibility index (Phi) is 3.72. The Bertz CT molecular complexity index is 605. The summed E-state index contributed by atoms with van der Waals surface area (Å²) < 4.78 is 2.70. The lowest BCUT2D eigenvalue weighted by molar-refractivity contribution is 1.27. The smallest absolute Gasteiger partial charge is 0.0444 e. The lowest BCUT2D eigenvalue weighted by Crippen LogP contribution is -2.20. The predicted octanol–water partition coefficient (Wildman–Crippen LogP) is 3.54. The van der Waals surface area contributed by atoms with E-state index in [2.05, 4.69) is 56.8 Å². The molecule has 0 radical (unpaired) electrons. The van der Waals surface area contributed by atoms with E-state index in [1.165, 1.54) is 24.7 Å². The van der Waals surface area contributed by atoms with E-state index in [-0.39, 0.29) is 0 Å². The number of benzene rings is 1. The second-order valence-corrected chi connectivity index (χ2v) is 5.35. The second-order valence-electron chi connectivity index (χ2n) is 3.75. The number of thiophene rings is 1. The van der Waals surface area contributed by atoms with Gasteiger partial charge in [-0.15, -0.1) is 24.0 Å². The zero-order chi connectivity index (χ0) is 11.5. The van der Waals surface area contributed by atoms with Crippen molar-refractivity contribution in [2.75, 3.05) is 0 Å². The van der Waals surface area contributed by atoms with E-state index in [1.54, 1.807) is 0 Å². The molecule has 16 heavy (non-hydrogen) atoms. The van der Waals surface area contributed by atoms with Gasteiger partial charge in [-0.2, -0.15) is 0 Å². The van der Waals surface area contributed by atoms with E-state index in [0.29, 0.717) is 0 Å². The van der Waals surface area contributed by atoms with Crippen LogP contribution in [0.5, 0.6) is 0 Å². The fraction of sp³-hybridized carbons (Fsp3) is 0.286. The van der Waals surface area contributed by atoms with Crippen LogP contribution in [0, 0.1) is 0 Å². The van der Waals surface area contributed by atoms with Gasteiger partial charge in [0.05, 0.1) is 0 Å². The standard InChI is InChI=1S/C14H16S2/c1-3-7-11-10-8-5-6-9-13(10)16-14(11)12(15)4-2/h5-9,15H,3-4H2,1-2H3/b11-7-,14-12-. The van der Waals surface area contributed by atoms with Gasteiger partial charge in [-0.1, -0.05) is 38.1 Å². The minimum absolute atomic E-state index is 1.00. The molecule has 0 amide bonds. The van der Waals surface area contributed by atoms with Crippen molar-refractivity contribution in [3.05, 3.63) is 34.0 Å². The third-order valence-corrected chi connectivity index (χ3v) is 4.58. The summed E-state index contributed by atoms with van der Waals surface area (Å²) in [5, 5.41) is 2.74. The molecule has 0 aliphatic rings. The topological polar surface area (TPSA) is 0 Å². The molecule has 2 aromatic rings. The van der Waals surface area contributed by atoms with Crippen LogP contribution in [0.25, 0.3) is 21.1 Å². The Morgan fingerprint density at radius 3 is 2.75 bits per heavy atom. The van der Waals surface area contributed by atoms with E-state index in [0.717, 1.165) is 12.8 Å². The van der Waals surface area contributed by atoms with Gasteiger partial charge in [0, 0.05) is 14.6 Å². The summed E-state index contributed by atoms with van der Waals surface area (Å²) in [5.74, 6) is 0. The molecule has 0 atom stereocenters. The van der Waals surface area contributed by atoms with Gasteiger partial charge in [0.25, 0.3) is 0 Å². The summed E-state index contributed by atoms with van der Waals surface area (Å²) in [6, 6.07) is 8.60. The number of hydrogen-bond acceptors (Lipinski definition) is 2.